The lowest BCUT2D eigenvalue weighted by Gasteiger charge is -2.30. The molecule has 3 aromatic carbocycles. The van der Waals surface area contributed by atoms with E-state index in [0.717, 1.165) is 39.5 Å². The topological polar surface area (TPSA) is 78.1 Å². The average molecular weight is 515 g/mol. The molecule has 0 amide bonds. The standard InChI is InChI=1S/C31H34N2O5/c1-18(2)38-22-12-10-19(11-13-22)30-29-25(32-23-8-6-7-9-24(23)33-30)14-20(15-26(29)34)21-16-27(35-3)31(37-5)28(17-21)36-4/h6-13,16-18,20,30,32-33H,14-15H2,1-5H3. The van der Waals surface area contributed by atoms with Crippen molar-refractivity contribution in [2.24, 2.45) is 0 Å². The number of carbonyl (C=O) groups is 1. The highest BCUT2D eigenvalue weighted by atomic mass is 16.5. The molecule has 1 heterocycles. The molecule has 2 N–H and O–H groups in total. The van der Waals surface area contributed by atoms with Gasteiger partial charge in [0.15, 0.2) is 17.3 Å². The van der Waals surface area contributed by atoms with Crippen LogP contribution >= 0.6 is 0 Å². The molecular weight excluding hydrogens is 480 g/mol. The molecule has 2 atom stereocenters. The lowest BCUT2D eigenvalue weighted by molar-refractivity contribution is -0.116. The SMILES string of the molecule is COc1cc(C2CC(=O)C3=C(C2)Nc2ccccc2NC3c2ccc(OC(C)C)cc2)cc(OC)c1OC. The summed E-state index contributed by atoms with van der Waals surface area (Å²) in [6.45, 7) is 4.01. The van der Waals surface area contributed by atoms with Gasteiger partial charge in [-0.25, -0.2) is 0 Å². The molecule has 2 aliphatic rings. The van der Waals surface area contributed by atoms with Crippen LogP contribution in [0.4, 0.5) is 11.4 Å². The minimum Gasteiger partial charge on any atom is -0.493 e. The fraction of sp³-hybridized carbons (Fsp3) is 0.323. The van der Waals surface area contributed by atoms with Crippen LogP contribution in [0.15, 0.2) is 71.9 Å². The Morgan fingerprint density at radius 1 is 0.816 bits per heavy atom. The summed E-state index contributed by atoms with van der Waals surface area (Å²) in [4.78, 5) is 13.9. The summed E-state index contributed by atoms with van der Waals surface area (Å²) in [5.41, 5.74) is 5.56. The molecule has 3 aromatic rings. The van der Waals surface area contributed by atoms with Gasteiger partial charge in [-0.2, -0.15) is 0 Å². The van der Waals surface area contributed by atoms with Gasteiger partial charge in [-0.15, -0.1) is 0 Å². The van der Waals surface area contributed by atoms with Gasteiger partial charge in [-0.05, 0) is 73.7 Å². The quantitative estimate of drug-likeness (QED) is 0.374. The molecule has 0 saturated heterocycles. The first kappa shape index (κ1) is 25.5. The summed E-state index contributed by atoms with van der Waals surface area (Å²) >= 11 is 0. The number of ketones is 1. The maximum absolute atomic E-state index is 13.9. The van der Waals surface area contributed by atoms with Gasteiger partial charge in [0.05, 0.1) is 44.8 Å². The number of hydrogen-bond acceptors (Lipinski definition) is 7. The normalized spacial score (nSPS) is 18.5. The van der Waals surface area contributed by atoms with Crippen LogP contribution in [-0.4, -0.2) is 33.2 Å². The van der Waals surface area contributed by atoms with Crippen molar-refractivity contribution in [1.29, 1.82) is 0 Å². The highest BCUT2D eigenvalue weighted by Gasteiger charge is 2.36. The van der Waals surface area contributed by atoms with Crippen molar-refractivity contribution in [3.05, 3.63) is 83.1 Å². The number of hydrogen-bond donors (Lipinski definition) is 2. The molecule has 5 rings (SSSR count). The van der Waals surface area contributed by atoms with Crippen molar-refractivity contribution >= 4 is 17.2 Å². The zero-order chi connectivity index (χ0) is 26.8. The van der Waals surface area contributed by atoms with Crippen LogP contribution in [0.3, 0.4) is 0 Å². The van der Waals surface area contributed by atoms with Crippen molar-refractivity contribution in [3.8, 4) is 23.0 Å². The third-order valence-electron chi connectivity index (χ3n) is 7.05. The minimum atomic E-state index is -0.289. The Labute approximate surface area is 223 Å². The predicted octanol–water partition coefficient (Wildman–Crippen LogP) is 6.48. The number of nitrogens with one attached hydrogen (secondary N) is 2. The fourth-order valence-corrected chi connectivity index (χ4v) is 5.33. The molecule has 0 aromatic heterocycles. The third-order valence-corrected chi connectivity index (χ3v) is 7.05. The largest absolute Gasteiger partial charge is 0.493 e. The molecule has 2 unspecified atom stereocenters. The number of carbonyl (C=O) groups excluding carboxylic acids is 1. The Balaban J connectivity index is 1.56. The molecule has 1 aliphatic carbocycles. The zero-order valence-electron chi connectivity index (χ0n) is 22.5. The molecule has 0 saturated carbocycles. The Morgan fingerprint density at radius 3 is 2.08 bits per heavy atom. The fourth-order valence-electron chi connectivity index (χ4n) is 5.33. The Bertz CT molecular complexity index is 1340. The lowest BCUT2D eigenvalue weighted by Crippen LogP contribution is -2.27. The molecule has 1 aliphatic heterocycles. The van der Waals surface area contributed by atoms with E-state index >= 15 is 0 Å². The van der Waals surface area contributed by atoms with E-state index in [4.69, 9.17) is 18.9 Å². The smallest absolute Gasteiger partial charge is 0.203 e. The zero-order valence-corrected chi connectivity index (χ0v) is 22.5. The number of fused-ring (bicyclic) bond motifs is 1. The summed E-state index contributed by atoms with van der Waals surface area (Å²) in [5.74, 6) is 2.56. The van der Waals surface area contributed by atoms with Gasteiger partial charge in [0, 0.05) is 17.7 Å². The minimum absolute atomic E-state index is 0.0461. The summed E-state index contributed by atoms with van der Waals surface area (Å²) in [6, 6.07) is 19.6. The molecular formula is C31H34N2O5. The number of benzene rings is 3. The van der Waals surface area contributed by atoms with E-state index < -0.39 is 0 Å². The number of para-hydroxylation sites is 2. The van der Waals surface area contributed by atoms with Gasteiger partial charge in [-0.1, -0.05) is 24.3 Å². The van der Waals surface area contributed by atoms with Gasteiger partial charge in [-0.3, -0.25) is 4.79 Å². The Kier molecular flexibility index (Phi) is 7.18. The number of rotatable bonds is 7. The van der Waals surface area contributed by atoms with E-state index in [1.54, 1.807) is 21.3 Å². The maximum atomic E-state index is 13.9. The molecule has 198 valence electrons. The monoisotopic (exact) mass is 514 g/mol. The van der Waals surface area contributed by atoms with Crippen LogP contribution in [-0.2, 0) is 4.79 Å². The second-order valence-corrected chi connectivity index (χ2v) is 9.86. The number of ether oxygens (including phenoxy) is 4. The lowest BCUT2D eigenvalue weighted by atomic mass is 9.78. The van der Waals surface area contributed by atoms with E-state index in [2.05, 4.69) is 10.6 Å². The van der Waals surface area contributed by atoms with Crippen LogP contribution in [0.2, 0.25) is 0 Å². The number of anilines is 2. The van der Waals surface area contributed by atoms with E-state index in [1.165, 1.54) is 0 Å². The van der Waals surface area contributed by atoms with Crippen molar-refractivity contribution < 1.29 is 23.7 Å². The van der Waals surface area contributed by atoms with Gasteiger partial charge in [0.1, 0.15) is 5.75 Å². The van der Waals surface area contributed by atoms with E-state index in [9.17, 15) is 4.79 Å². The van der Waals surface area contributed by atoms with Crippen molar-refractivity contribution in [2.45, 2.75) is 44.8 Å². The first-order valence-corrected chi connectivity index (χ1v) is 12.9. The van der Waals surface area contributed by atoms with E-state index in [1.807, 2.05) is 74.5 Å². The first-order chi connectivity index (χ1) is 18.4. The molecule has 0 spiro atoms. The molecule has 38 heavy (non-hydrogen) atoms. The number of allylic oxidation sites excluding steroid dienone is 1. The Hall–Kier alpha value is -4.13. The van der Waals surface area contributed by atoms with E-state index in [0.29, 0.717) is 30.1 Å². The summed E-state index contributed by atoms with van der Waals surface area (Å²) in [7, 11) is 4.79. The van der Waals surface area contributed by atoms with Crippen molar-refractivity contribution in [3.63, 3.8) is 0 Å². The summed E-state index contributed by atoms with van der Waals surface area (Å²) < 4.78 is 22.5. The van der Waals surface area contributed by atoms with Gasteiger partial charge >= 0.3 is 0 Å². The molecule has 7 nitrogen and oxygen atoms in total. The number of Topliss-reactive ketones (excluding diaryl/α,β-unsaturated/α-hetero) is 1. The third kappa shape index (κ3) is 4.88. The maximum Gasteiger partial charge on any atom is 0.203 e. The first-order valence-electron chi connectivity index (χ1n) is 12.9. The van der Waals surface area contributed by atoms with Gasteiger partial charge < -0.3 is 29.6 Å². The van der Waals surface area contributed by atoms with Crippen LogP contribution in [0.1, 0.15) is 49.8 Å². The van der Waals surface area contributed by atoms with Crippen LogP contribution in [0, 0.1) is 0 Å². The van der Waals surface area contributed by atoms with Crippen LogP contribution in [0.25, 0.3) is 0 Å². The van der Waals surface area contributed by atoms with Crippen molar-refractivity contribution in [2.75, 3.05) is 32.0 Å². The molecule has 0 bridgehead atoms. The molecule has 0 radical (unpaired) electrons. The van der Waals surface area contributed by atoms with Crippen LogP contribution < -0.4 is 29.6 Å². The highest BCUT2D eigenvalue weighted by molar-refractivity contribution is 6.01. The van der Waals surface area contributed by atoms with Gasteiger partial charge in [0.2, 0.25) is 5.75 Å². The second kappa shape index (κ2) is 10.7. The van der Waals surface area contributed by atoms with Crippen molar-refractivity contribution in [1.82, 2.24) is 0 Å². The molecule has 0 fully saturated rings. The average Bonchev–Trinajstić information content (AvgIpc) is 3.09. The summed E-state index contributed by atoms with van der Waals surface area (Å²) in [5, 5.41) is 7.23. The number of methoxy groups -OCH3 is 3. The van der Waals surface area contributed by atoms with Gasteiger partial charge in [0.25, 0.3) is 0 Å². The second-order valence-electron chi connectivity index (χ2n) is 9.86. The molecule has 7 heteroatoms. The predicted molar refractivity (Wildman–Crippen MR) is 149 cm³/mol. The van der Waals surface area contributed by atoms with Crippen LogP contribution in [0.5, 0.6) is 23.0 Å². The Morgan fingerprint density at radius 2 is 1.47 bits per heavy atom. The summed E-state index contributed by atoms with van der Waals surface area (Å²) in [6.07, 6.45) is 1.14. The highest BCUT2D eigenvalue weighted by Crippen LogP contribution is 2.47. The van der Waals surface area contributed by atoms with E-state index in [-0.39, 0.29) is 23.8 Å².